The number of hydrogen-bond acceptors (Lipinski definition) is 4. The van der Waals surface area contributed by atoms with Gasteiger partial charge in [-0.3, -0.25) is 4.79 Å². The SMILES string of the molecule is COC(=O)CC=Cc1ccc2oc(C)nc2c1. The molecule has 0 unspecified atom stereocenters. The number of hydrogen-bond donors (Lipinski definition) is 0. The molecule has 0 amide bonds. The number of methoxy groups -OCH3 is 1. The zero-order chi connectivity index (χ0) is 12.3. The van der Waals surface area contributed by atoms with Crippen LogP contribution in [0.4, 0.5) is 0 Å². The van der Waals surface area contributed by atoms with Gasteiger partial charge in [0.15, 0.2) is 11.5 Å². The molecule has 4 heteroatoms. The molecule has 0 bridgehead atoms. The molecule has 1 aromatic heterocycles. The van der Waals surface area contributed by atoms with E-state index < -0.39 is 0 Å². The predicted octanol–water partition coefficient (Wildman–Crippen LogP) is 2.71. The van der Waals surface area contributed by atoms with Crippen molar-refractivity contribution in [1.29, 1.82) is 0 Å². The maximum atomic E-state index is 10.9. The fourth-order valence-electron chi connectivity index (χ4n) is 1.54. The molecule has 0 N–H and O–H groups in total. The Bertz CT molecular complexity index is 569. The van der Waals surface area contributed by atoms with Crippen molar-refractivity contribution in [1.82, 2.24) is 4.98 Å². The highest BCUT2D eigenvalue weighted by Crippen LogP contribution is 2.17. The summed E-state index contributed by atoms with van der Waals surface area (Å²) in [5.74, 6) is 0.398. The van der Waals surface area contributed by atoms with Crippen molar-refractivity contribution in [2.75, 3.05) is 7.11 Å². The van der Waals surface area contributed by atoms with E-state index in [4.69, 9.17) is 4.42 Å². The van der Waals surface area contributed by atoms with E-state index in [0.717, 1.165) is 16.7 Å². The highest BCUT2D eigenvalue weighted by molar-refractivity contribution is 5.77. The summed E-state index contributed by atoms with van der Waals surface area (Å²) in [4.78, 5) is 15.2. The molecule has 0 aliphatic rings. The van der Waals surface area contributed by atoms with Crippen LogP contribution in [0.15, 0.2) is 28.7 Å². The van der Waals surface area contributed by atoms with Gasteiger partial charge in [-0.2, -0.15) is 0 Å². The van der Waals surface area contributed by atoms with Crippen molar-refractivity contribution in [2.45, 2.75) is 13.3 Å². The van der Waals surface area contributed by atoms with E-state index in [2.05, 4.69) is 9.72 Å². The topological polar surface area (TPSA) is 52.3 Å². The van der Waals surface area contributed by atoms with Gasteiger partial charge >= 0.3 is 5.97 Å². The lowest BCUT2D eigenvalue weighted by Gasteiger charge is -1.94. The maximum Gasteiger partial charge on any atom is 0.309 e. The number of aryl methyl sites for hydroxylation is 1. The maximum absolute atomic E-state index is 10.9. The smallest absolute Gasteiger partial charge is 0.309 e. The molecule has 0 radical (unpaired) electrons. The molecule has 4 nitrogen and oxygen atoms in total. The number of esters is 1. The van der Waals surface area contributed by atoms with Gasteiger partial charge in [0.05, 0.1) is 13.5 Å². The summed E-state index contributed by atoms with van der Waals surface area (Å²) in [5, 5.41) is 0. The summed E-state index contributed by atoms with van der Waals surface area (Å²) in [6.45, 7) is 1.81. The Morgan fingerprint density at radius 3 is 3.12 bits per heavy atom. The molecule has 0 saturated carbocycles. The number of aromatic nitrogens is 1. The number of carbonyl (C=O) groups is 1. The van der Waals surface area contributed by atoms with Crippen LogP contribution in [-0.4, -0.2) is 18.1 Å². The number of oxazole rings is 1. The largest absolute Gasteiger partial charge is 0.469 e. The van der Waals surface area contributed by atoms with Gasteiger partial charge in [0, 0.05) is 6.92 Å². The molecule has 1 aromatic carbocycles. The molecule has 0 atom stereocenters. The molecule has 17 heavy (non-hydrogen) atoms. The molecule has 1 heterocycles. The summed E-state index contributed by atoms with van der Waals surface area (Å²) in [6, 6.07) is 5.70. The first kappa shape index (κ1) is 11.4. The Balaban J connectivity index is 2.16. The van der Waals surface area contributed by atoms with E-state index >= 15 is 0 Å². The lowest BCUT2D eigenvalue weighted by Crippen LogP contribution is -1.96. The Morgan fingerprint density at radius 2 is 2.35 bits per heavy atom. The van der Waals surface area contributed by atoms with Crippen LogP contribution in [0.1, 0.15) is 17.9 Å². The van der Waals surface area contributed by atoms with Crippen LogP contribution >= 0.6 is 0 Å². The van der Waals surface area contributed by atoms with Gasteiger partial charge < -0.3 is 9.15 Å². The van der Waals surface area contributed by atoms with E-state index in [1.54, 1.807) is 6.08 Å². The van der Waals surface area contributed by atoms with Gasteiger partial charge in [-0.15, -0.1) is 0 Å². The van der Waals surface area contributed by atoms with Crippen molar-refractivity contribution < 1.29 is 13.9 Å². The minimum atomic E-state index is -0.250. The Labute approximate surface area is 98.9 Å². The molecule has 2 aromatic rings. The molecule has 88 valence electrons. The summed E-state index contributed by atoms with van der Waals surface area (Å²) >= 11 is 0. The van der Waals surface area contributed by atoms with Crippen molar-refractivity contribution in [3.05, 3.63) is 35.7 Å². The van der Waals surface area contributed by atoms with Crippen LogP contribution < -0.4 is 0 Å². The quantitative estimate of drug-likeness (QED) is 0.762. The molecule has 0 aliphatic heterocycles. The average Bonchev–Trinajstić information content (AvgIpc) is 2.68. The second kappa shape index (κ2) is 4.82. The monoisotopic (exact) mass is 231 g/mol. The first-order valence-corrected chi connectivity index (χ1v) is 5.29. The van der Waals surface area contributed by atoms with Crippen LogP contribution in [-0.2, 0) is 9.53 Å². The summed E-state index contributed by atoms with van der Waals surface area (Å²) < 4.78 is 9.92. The van der Waals surface area contributed by atoms with E-state index in [-0.39, 0.29) is 12.4 Å². The standard InChI is InChI=1S/C13H13NO3/c1-9-14-11-8-10(6-7-12(11)17-9)4-3-5-13(15)16-2/h3-4,6-8H,5H2,1-2H3. The lowest BCUT2D eigenvalue weighted by molar-refractivity contribution is -0.139. The normalized spacial score (nSPS) is 11.2. The van der Waals surface area contributed by atoms with Crippen LogP contribution in [0.5, 0.6) is 0 Å². The Kier molecular flexibility index (Phi) is 3.23. The van der Waals surface area contributed by atoms with E-state index in [9.17, 15) is 4.79 Å². The lowest BCUT2D eigenvalue weighted by atomic mass is 10.2. The molecular formula is C13H13NO3. The fourth-order valence-corrected chi connectivity index (χ4v) is 1.54. The molecular weight excluding hydrogens is 218 g/mol. The molecule has 0 spiro atoms. The zero-order valence-corrected chi connectivity index (χ0v) is 9.77. The first-order chi connectivity index (χ1) is 8.19. The predicted molar refractivity (Wildman–Crippen MR) is 64.4 cm³/mol. The van der Waals surface area contributed by atoms with Gasteiger partial charge in [-0.1, -0.05) is 18.2 Å². The molecule has 0 aliphatic carbocycles. The van der Waals surface area contributed by atoms with Crippen molar-refractivity contribution in [3.8, 4) is 0 Å². The van der Waals surface area contributed by atoms with E-state index in [1.165, 1.54) is 7.11 Å². The second-order valence-electron chi connectivity index (χ2n) is 3.64. The van der Waals surface area contributed by atoms with E-state index in [1.807, 2.05) is 31.2 Å². The second-order valence-corrected chi connectivity index (χ2v) is 3.64. The van der Waals surface area contributed by atoms with E-state index in [0.29, 0.717) is 5.89 Å². The third-order valence-electron chi connectivity index (χ3n) is 2.34. The van der Waals surface area contributed by atoms with Crippen LogP contribution in [0, 0.1) is 6.92 Å². The Morgan fingerprint density at radius 1 is 1.53 bits per heavy atom. The number of fused-ring (bicyclic) bond motifs is 1. The highest BCUT2D eigenvalue weighted by atomic mass is 16.5. The van der Waals surface area contributed by atoms with Gasteiger partial charge in [0.2, 0.25) is 0 Å². The van der Waals surface area contributed by atoms with Crippen LogP contribution in [0.25, 0.3) is 17.2 Å². The van der Waals surface area contributed by atoms with Crippen molar-refractivity contribution in [2.24, 2.45) is 0 Å². The summed E-state index contributed by atoms with van der Waals surface area (Å²) in [7, 11) is 1.38. The summed E-state index contributed by atoms with van der Waals surface area (Å²) in [5.41, 5.74) is 2.57. The third kappa shape index (κ3) is 2.72. The fraction of sp³-hybridized carbons (Fsp3) is 0.231. The Hall–Kier alpha value is -2.10. The number of rotatable bonds is 3. The highest BCUT2D eigenvalue weighted by Gasteiger charge is 2.01. The first-order valence-electron chi connectivity index (χ1n) is 5.29. The number of benzene rings is 1. The van der Waals surface area contributed by atoms with Gasteiger partial charge in [-0.25, -0.2) is 4.98 Å². The molecule has 0 fully saturated rings. The number of nitrogens with zero attached hydrogens (tertiary/aromatic N) is 1. The van der Waals surface area contributed by atoms with Gasteiger partial charge in [0.1, 0.15) is 5.52 Å². The number of ether oxygens (including phenoxy) is 1. The van der Waals surface area contributed by atoms with Crippen LogP contribution in [0.3, 0.4) is 0 Å². The third-order valence-corrected chi connectivity index (χ3v) is 2.34. The average molecular weight is 231 g/mol. The van der Waals surface area contributed by atoms with Gasteiger partial charge in [0.25, 0.3) is 0 Å². The minimum Gasteiger partial charge on any atom is -0.469 e. The van der Waals surface area contributed by atoms with Crippen molar-refractivity contribution >= 4 is 23.1 Å². The summed E-state index contributed by atoms with van der Waals surface area (Å²) in [6.07, 6.45) is 3.90. The van der Waals surface area contributed by atoms with Crippen LogP contribution in [0.2, 0.25) is 0 Å². The minimum absolute atomic E-state index is 0.250. The van der Waals surface area contributed by atoms with Gasteiger partial charge in [-0.05, 0) is 17.7 Å². The molecule has 2 rings (SSSR count). The zero-order valence-electron chi connectivity index (χ0n) is 9.77. The molecule has 0 saturated heterocycles. The van der Waals surface area contributed by atoms with Crippen molar-refractivity contribution in [3.63, 3.8) is 0 Å². The number of carbonyl (C=O) groups excluding carboxylic acids is 1.